The number of hydrogen-bond acceptors (Lipinski definition) is 3. The highest BCUT2D eigenvalue weighted by atomic mass is 35.5. The van der Waals surface area contributed by atoms with Crippen molar-refractivity contribution >= 4 is 24.0 Å². The fourth-order valence-corrected chi connectivity index (χ4v) is 1.06. The smallest absolute Gasteiger partial charge is 0.134 e. The largest absolute Gasteiger partial charge is 0.506 e. The molecule has 0 aromatic heterocycles. The SMILES string of the molecule is Cl.NCC(O)c1ccc(O)c(Cl)c1. The van der Waals surface area contributed by atoms with Crippen LogP contribution < -0.4 is 5.73 Å². The molecule has 0 aliphatic carbocycles. The summed E-state index contributed by atoms with van der Waals surface area (Å²) in [6.07, 6.45) is -0.719. The summed E-state index contributed by atoms with van der Waals surface area (Å²) in [4.78, 5) is 0. The van der Waals surface area contributed by atoms with Crippen molar-refractivity contribution < 1.29 is 10.2 Å². The minimum absolute atomic E-state index is 0. The van der Waals surface area contributed by atoms with E-state index in [1.807, 2.05) is 0 Å². The number of aliphatic hydroxyl groups excluding tert-OH is 1. The minimum Gasteiger partial charge on any atom is -0.506 e. The van der Waals surface area contributed by atoms with E-state index < -0.39 is 6.10 Å². The predicted octanol–water partition coefficient (Wildman–Crippen LogP) is 1.46. The first-order valence-electron chi connectivity index (χ1n) is 3.51. The molecule has 0 saturated heterocycles. The molecule has 5 heteroatoms. The molecule has 13 heavy (non-hydrogen) atoms. The summed E-state index contributed by atoms with van der Waals surface area (Å²) in [6, 6.07) is 4.50. The molecule has 4 N–H and O–H groups in total. The molecule has 1 aromatic carbocycles. The Labute approximate surface area is 87.5 Å². The summed E-state index contributed by atoms with van der Waals surface area (Å²) in [5, 5.41) is 18.6. The first kappa shape index (κ1) is 12.5. The lowest BCUT2D eigenvalue weighted by Crippen LogP contribution is -2.11. The Hall–Kier alpha value is -0.480. The highest BCUT2D eigenvalue weighted by molar-refractivity contribution is 6.32. The van der Waals surface area contributed by atoms with Crippen molar-refractivity contribution in [2.75, 3.05) is 6.54 Å². The molecule has 0 amide bonds. The van der Waals surface area contributed by atoms with E-state index in [0.717, 1.165) is 0 Å². The second-order valence-electron chi connectivity index (χ2n) is 2.46. The number of halogens is 2. The quantitative estimate of drug-likeness (QED) is 0.712. The molecule has 1 rings (SSSR count). The van der Waals surface area contributed by atoms with E-state index in [1.165, 1.54) is 12.1 Å². The minimum atomic E-state index is -0.719. The average molecular weight is 224 g/mol. The molecule has 1 unspecified atom stereocenters. The Morgan fingerprint density at radius 3 is 2.54 bits per heavy atom. The number of phenols is 1. The average Bonchev–Trinajstić information content (AvgIpc) is 2.08. The summed E-state index contributed by atoms with van der Waals surface area (Å²) in [5.41, 5.74) is 5.85. The zero-order valence-electron chi connectivity index (χ0n) is 6.77. The van der Waals surface area contributed by atoms with Crippen molar-refractivity contribution in [2.45, 2.75) is 6.10 Å². The second kappa shape index (κ2) is 5.29. The van der Waals surface area contributed by atoms with Gasteiger partial charge < -0.3 is 15.9 Å². The Kier molecular flexibility index (Phi) is 5.10. The van der Waals surface area contributed by atoms with Gasteiger partial charge in [-0.15, -0.1) is 12.4 Å². The molecule has 0 radical (unpaired) electrons. The van der Waals surface area contributed by atoms with Gasteiger partial charge in [0, 0.05) is 6.54 Å². The fraction of sp³-hybridized carbons (Fsp3) is 0.250. The van der Waals surface area contributed by atoms with E-state index in [-0.39, 0.29) is 29.7 Å². The zero-order chi connectivity index (χ0) is 9.14. The van der Waals surface area contributed by atoms with Crippen LogP contribution in [0.25, 0.3) is 0 Å². The number of hydrogen-bond donors (Lipinski definition) is 3. The lowest BCUT2D eigenvalue weighted by atomic mass is 10.1. The van der Waals surface area contributed by atoms with Crippen molar-refractivity contribution in [2.24, 2.45) is 5.73 Å². The number of nitrogens with two attached hydrogens (primary N) is 1. The molecule has 3 nitrogen and oxygen atoms in total. The summed E-state index contributed by atoms with van der Waals surface area (Å²) in [5.74, 6) is 0.00429. The Balaban J connectivity index is 0.00000144. The number of phenolic OH excluding ortho intramolecular Hbond substituents is 1. The van der Waals surface area contributed by atoms with Crippen LogP contribution in [-0.2, 0) is 0 Å². The van der Waals surface area contributed by atoms with Gasteiger partial charge in [-0.05, 0) is 17.7 Å². The summed E-state index contributed by atoms with van der Waals surface area (Å²) in [6.45, 7) is 0.140. The van der Waals surface area contributed by atoms with Gasteiger partial charge in [-0.2, -0.15) is 0 Å². The van der Waals surface area contributed by atoms with Crippen LogP contribution in [0.5, 0.6) is 5.75 Å². The molecule has 0 heterocycles. The van der Waals surface area contributed by atoms with Gasteiger partial charge in [0.25, 0.3) is 0 Å². The maximum atomic E-state index is 9.28. The summed E-state index contributed by atoms with van der Waals surface area (Å²) < 4.78 is 0. The lowest BCUT2D eigenvalue weighted by Gasteiger charge is -2.08. The van der Waals surface area contributed by atoms with E-state index in [2.05, 4.69) is 0 Å². The van der Waals surface area contributed by atoms with Crippen LogP contribution >= 0.6 is 24.0 Å². The van der Waals surface area contributed by atoms with E-state index in [1.54, 1.807) is 6.07 Å². The third-order valence-corrected chi connectivity index (χ3v) is 1.88. The van der Waals surface area contributed by atoms with Crippen molar-refractivity contribution in [1.29, 1.82) is 0 Å². The molecule has 0 saturated carbocycles. The highest BCUT2D eigenvalue weighted by Gasteiger charge is 2.06. The van der Waals surface area contributed by atoms with E-state index in [4.69, 9.17) is 22.4 Å². The molecule has 1 aromatic rings. The maximum absolute atomic E-state index is 9.28. The molecule has 0 spiro atoms. The Bertz CT molecular complexity index is 281. The van der Waals surface area contributed by atoms with Crippen molar-refractivity contribution in [3.05, 3.63) is 28.8 Å². The number of rotatable bonds is 2. The zero-order valence-corrected chi connectivity index (χ0v) is 8.35. The first-order valence-corrected chi connectivity index (χ1v) is 3.89. The highest BCUT2D eigenvalue weighted by Crippen LogP contribution is 2.26. The normalized spacial score (nSPS) is 11.9. The molecule has 0 fully saturated rings. The second-order valence-corrected chi connectivity index (χ2v) is 2.87. The van der Waals surface area contributed by atoms with Gasteiger partial charge in [0.1, 0.15) is 5.75 Å². The standard InChI is InChI=1S/C8H10ClNO2.ClH/c9-6-3-5(8(12)4-10)1-2-7(6)11;/h1-3,8,11-12H,4,10H2;1H. The van der Waals surface area contributed by atoms with Gasteiger partial charge >= 0.3 is 0 Å². The molecule has 1 atom stereocenters. The van der Waals surface area contributed by atoms with Crippen LogP contribution in [0.1, 0.15) is 11.7 Å². The van der Waals surface area contributed by atoms with Crippen LogP contribution in [-0.4, -0.2) is 16.8 Å². The van der Waals surface area contributed by atoms with Gasteiger partial charge in [-0.1, -0.05) is 17.7 Å². The third kappa shape index (κ3) is 3.04. The number of aliphatic hydroxyl groups is 1. The van der Waals surface area contributed by atoms with Crippen LogP contribution in [0.15, 0.2) is 18.2 Å². The van der Waals surface area contributed by atoms with Crippen LogP contribution in [0, 0.1) is 0 Å². The predicted molar refractivity (Wildman–Crippen MR) is 54.4 cm³/mol. The third-order valence-electron chi connectivity index (χ3n) is 1.58. The van der Waals surface area contributed by atoms with Gasteiger partial charge in [-0.25, -0.2) is 0 Å². The van der Waals surface area contributed by atoms with Crippen LogP contribution in [0.2, 0.25) is 5.02 Å². The Morgan fingerprint density at radius 2 is 2.08 bits per heavy atom. The van der Waals surface area contributed by atoms with Crippen LogP contribution in [0.4, 0.5) is 0 Å². The molecular formula is C8H11Cl2NO2. The van der Waals surface area contributed by atoms with Gasteiger partial charge in [-0.3, -0.25) is 0 Å². The van der Waals surface area contributed by atoms with Crippen LogP contribution in [0.3, 0.4) is 0 Å². The van der Waals surface area contributed by atoms with Crippen molar-refractivity contribution in [3.63, 3.8) is 0 Å². The van der Waals surface area contributed by atoms with Crippen molar-refractivity contribution in [3.8, 4) is 5.75 Å². The van der Waals surface area contributed by atoms with E-state index in [9.17, 15) is 5.11 Å². The number of benzene rings is 1. The molecule has 0 aliphatic heterocycles. The van der Waals surface area contributed by atoms with E-state index in [0.29, 0.717) is 5.56 Å². The van der Waals surface area contributed by atoms with Crippen molar-refractivity contribution in [1.82, 2.24) is 0 Å². The number of aromatic hydroxyl groups is 1. The maximum Gasteiger partial charge on any atom is 0.134 e. The van der Waals surface area contributed by atoms with E-state index >= 15 is 0 Å². The van der Waals surface area contributed by atoms with Gasteiger partial charge in [0.2, 0.25) is 0 Å². The summed E-state index contributed by atoms with van der Waals surface area (Å²) >= 11 is 5.61. The molecule has 0 aliphatic rings. The summed E-state index contributed by atoms with van der Waals surface area (Å²) in [7, 11) is 0. The molecular weight excluding hydrogens is 213 g/mol. The molecule has 74 valence electrons. The topological polar surface area (TPSA) is 66.5 Å². The van der Waals surface area contributed by atoms with Gasteiger partial charge in [0.15, 0.2) is 0 Å². The van der Waals surface area contributed by atoms with Gasteiger partial charge in [0.05, 0.1) is 11.1 Å². The monoisotopic (exact) mass is 223 g/mol. The first-order chi connectivity index (χ1) is 5.65. The Morgan fingerprint density at radius 1 is 1.46 bits per heavy atom. The lowest BCUT2D eigenvalue weighted by molar-refractivity contribution is 0.186. The fourth-order valence-electron chi connectivity index (χ4n) is 0.867. The molecule has 0 bridgehead atoms.